The molecule has 0 spiro atoms. The van der Waals surface area contributed by atoms with Gasteiger partial charge in [0.15, 0.2) is 11.0 Å². The molecule has 5 rings (SSSR count). The third-order valence-electron chi connectivity index (χ3n) is 5.71. The number of amides is 1. The van der Waals surface area contributed by atoms with Gasteiger partial charge in [0.1, 0.15) is 0 Å². The Bertz CT molecular complexity index is 1310. The van der Waals surface area contributed by atoms with Crippen LogP contribution in [-0.4, -0.2) is 43.7 Å². The first-order chi connectivity index (χ1) is 16.6. The second-order valence-corrected chi connectivity index (χ2v) is 10.3. The summed E-state index contributed by atoms with van der Waals surface area (Å²) >= 11 is 3.22. The lowest BCUT2D eigenvalue weighted by Crippen LogP contribution is -2.36. The summed E-state index contributed by atoms with van der Waals surface area (Å²) in [5, 5.41) is 9.71. The molecule has 2 aromatic carbocycles. The molecule has 6 nitrogen and oxygen atoms in total. The number of hydrogen-bond acceptors (Lipinski definition) is 6. The Hall–Kier alpha value is -3.10. The van der Waals surface area contributed by atoms with E-state index in [2.05, 4.69) is 57.9 Å². The molecule has 34 heavy (non-hydrogen) atoms. The van der Waals surface area contributed by atoms with Gasteiger partial charge in [0.25, 0.3) is 0 Å². The van der Waals surface area contributed by atoms with Crippen molar-refractivity contribution in [2.24, 2.45) is 0 Å². The van der Waals surface area contributed by atoms with Crippen LogP contribution in [0.1, 0.15) is 25.3 Å². The van der Waals surface area contributed by atoms with Crippen molar-refractivity contribution in [2.45, 2.75) is 29.8 Å². The molecule has 0 saturated heterocycles. The normalized spacial score (nSPS) is 13.2. The number of rotatable bonds is 6. The van der Waals surface area contributed by atoms with Crippen LogP contribution in [0.25, 0.3) is 17.1 Å². The third kappa shape index (κ3) is 4.48. The minimum absolute atomic E-state index is 0.0763. The molecule has 0 saturated carbocycles. The zero-order chi connectivity index (χ0) is 23.5. The molecular formula is C26H25N5OS2. The zero-order valence-electron chi connectivity index (χ0n) is 19.1. The topological polar surface area (TPSA) is 63.9 Å². The summed E-state index contributed by atoms with van der Waals surface area (Å²) in [6, 6.07) is 20.3. The van der Waals surface area contributed by atoms with Crippen LogP contribution < -0.4 is 4.90 Å². The summed E-state index contributed by atoms with van der Waals surface area (Å²) in [5.41, 5.74) is 4.10. The lowest BCUT2D eigenvalue weighted by molar-refractivity contribution is -0.116. The van der Waals surface area contributed by atoms with Crippen LogP contribution in [0.3, 0.4) is 0 Å². The number of thioether (sulfide) groups is 2. The van der Waals surface area contributed by atoms with Crippen LogP contribution in [-0.2, 0) is 4.79 Å². The number of pyridine rings is 1. The van der Waals surface area contributed by atoms with E-state index in [-0.39, 0.29) is 11.7 Å². The van der Waals surface area contributed by atoms with Crippen molar-refractivity contribution < 1.29 is 4.79 Å². The second-order valence-electron chi connectivity index (χ2n) is 8.25. The van der Waals surface area contributed by atoms with Gasteiger partial charge in [0.05, 0.1) is 17.1 Å². The molecule has 0 aliphatic carbocycles. The Balaban J connectivity index is 1.49. The van der Waals surface area contributed by atoms with Gasteiger partial charge in [-0.15, -0.1) is 22.0 Å². The SMILES string of the molecule is CC(C)c1ccccc1-n1c(SCC(=O)N2CCSc3ccccc32)nnc1-c1cccnc1. The van der Waals surface area contributed by atoms with E-state index in [0.717, 1.165) is 33.4 Å². The largest absolute Gasteiger partial charge is 0.310 e. The number of anilines is 1. The van der Waals surface area contributed by atoms with Crippen LogP contribution in [0.4, 0.5) is 5.69 Å². The molecule has 1 aliphatic heterocycles. The number of hydrogen-bond donors (Lipinski definition) is 0. The molecule has 0 atom stereocenters. The van der Waals surface area contributed by atoms with Gasteiger partial charge in [-0.1, -0.05) is 55.9 Å². The van der Waals surface area contributed by atoms with Crippen molar-refractivity contribution in [3.63, 3.8) is 0 Å². The van der Waals surface area contributed by atoms with Crippen molar-refractivity contribution >= 4 is 35.1 Å². The predicted molar refractivity (Wildman–Crippen MR) is 139 cm³/mol. The third-order valence-corrected chi connectivity index (χ3v) is 7.66. The average molecular weight is 488 g/mol. The fourth-order valence-corrected chi connectivity index (χ4v) is 5.89. The van der Waals surface area contributed by atoms with Crippen LogP contribution >= 0.6 is 23.5 Å². The van der Waals surface area contributed by atoms with Crippen molar-refractivity contribution in [3.8, 4) is 17.1 Å². The van der Waals surface area contributed by atoms with Crippen molar-refractivity contribution in [2.75, 3.05) is 23.0 Å². The molecule has 4 aromatic rings. The number of carbonyl (C=O) groups is 1. The molecule has 2 aromatic heterocycles. The Labute approximate surface area is 207 Å². The first-order valence-corrected chi connectivity index (χ1v) is 13.2. The molecule has 0 radical (unpaired) electrons. The van der Waals surface area contributed by atoms with Crippen molar-refractivity contribution in [1.82, 2.24) is 19.7 Å². The Morgan fingerprint density at radius 1 is 1.03 bits per heavy atom. The molecule has 172 valence electrons. The summed E-state index contributed by atoms with van der Waals surface area (Å²) in [6.07, 6.45) is 3.54. The van der Waals surface area contributed by atoms with Gasteiger partial charge in [0.2, 0.25) is 5.91 Å². The van der Waals surface area contributed by atoms with E-state index in [9.17, 15) is 4.79 Å². The molecule has 8 heteroatoms. The predicted octanol–water partition coefficient (Wildman–Crippen LogP) is 5.68. The van der Waals surface area contributed by atoms with Crippen molar-refractivity contribution in [3.05, 3.63) is 78.6 Å². The highest BCUT2D eigenvalue weighted by Crippen LogP contribution is 2.36. The number of carbonyl (C=O) groups excluding carboxylic acids is 1. The molecule has 0 fully saturated rings. The summed E-state index contributed by atoms with van der Waals surface area (Å²) in [5.74, 6) is 2.30. The summed E-state index contributed by atoms with van der Waals surface area (Å²) in [6.45, 7) is 5.06. The molecule has 0 unspecified atom stereocenters. The lowest BCUT2D eigenvalue weighted by Gasteiger charge is -2.28. The molecule has 0 N–H and O–H groups in total. The number of nitrogens with zero attached hydrogens (tertiary/aromatic N) is 5. The summed E-state index contributed by atoms with van der Waals surface area (Å²) < 4.78 is 2.06. The maximum absolute atomic E-state index is 13.3. The van der Waals surface area contributed by atoms with Crippen molar-refractivity contribution in [1.29, 1.82) is 0 Å². The zero-order valence-corrected chi connectivity index (χ0v) is 20.7. The fourth-order valence-electron chi connectivity index (χ4n) is 4.07. The summed E-state index contributed by atoms with van der Waals surface area (Å²) in [7, 11) is 0. The smallest absolute Gasteiger partial charge is 0.237 e. The number of fused-ring (bicyclic) bond motifs is 1. The highest BCUT2D eigenvalue weighted by Gasteiger charge is 2.25. The van der Waals surface area contributed by atoms with E-state index in [1.165, 1.54) is 17.3 Å². The number of aromatic nitrogens is 4. The molecular weight excluding hydrogens is 462 g/mol. The summed E-state index contributed by atoms with van der Waals surface area (Å²) in [4.78, 5) is 20.6. The van der Waals surface area contributed by atoms with Gasteiger partial charge in [-0.05, 0) is 41.8 Å². The van der Waals surface area contributed by atoms with Crippen LogP contribution in [0, 0.1) is 0 Å². The first-order valence-electron chi connectivity index (χ1n) is 11.2. The van der Waals surface area contributed by atoms with Gasteiger partial charge in [0, 0.05) is 35.2 Å². The van der Waals surface area contributed by atoms with Gasteiger partial charge >= 0.3 is 0 Å². The average Bonchev–Trinajstić information content (AvgIpc) is 3.31. The van der Waals surface area contributed by atoms with Crippen LogP contribution in [0.2, 0.25) is 0 Å². The fraction of sp³-hybridized carbons (Fsp3) is 0.231. The van der Waals surface area contributed by atoms with E-state index in [0.29, 0.717) is 17.6 Å². The molecule has 1 aliphatic rings. The van der Waals surface area contributed by atoms with Crippen LogP contribution in [0.5, 0.6) is 0 Å². The van der Waals surface area contributed by atoms with Gasteiger partial charge in [-0.25, -0.2) is 0 Å². The maximum Gasteiger partial charge on any atom is 0.237 e. The molecule has 0 bridgehead atoms. The van der Waals surface area contributed by atoms with E-state index in [4.69, 9.17) is 0 Å². The quantitative estimate of drug-likeness (QED) is 0.326. The maximum atomic E-state index is 13.3. The first kappa shape index (κ1) is 22.7. The van der Waals surface area contributed by atoms with Crippen LogP contribution in [0.15, 0.2) is 83.1 Å². The highest BCUT2D eigenvalue weighted by molar-refractivity contribution is 8.00. The molecule has 1 amide bonds. The molecule has 3 heterocycles. The van der Waals surface area contributed by atoms with Gasteiger partial charge in [-0.3, -0.25) is 14.3 Å². The van der Waals surface area contributed by atoms with E-state index < -0.39 is 0 Å². The number of para-hydroxylation sites is 2. The van der Waals surface area contributed by atoms with Gasteiger partial charge < -0.3 is 4.90 Å². The van der Waals surface area contributed by atoms with E-state index in [1.54, 1.807) is 24.2 Å². The monoisotopic (exact) mass is 487 g/mol. The standard InChI is InChI=1S/C26H25N5OS2/c1-18(2)20-9-3-4-10-21(20)31-25(19-8-7-13-27-16-19)28-29-26(31)34-17-24(32)30-14-15-33-23-12-6-5-11-22(23)30/h3-13,16,18H,14-15,17H2,1-2H3. The Morgan fingerprint density at radius 2 is 1.82 bits per heavy atom. The highest BCUT2D eigenvalue weighted by atomic mass is 32.2. The minimum atomic E-state index is 0.0763. The van der Waals surface area contributed by atoms with Gasteiger partial charge in [-0.2, -0.15) is 0 Å². The van der Waals surface area contributed by atoms with E-state index in [1.807, 2.05) is 41.3 Å². The minimum Gasteiger partial charge on any atom is -0.310 e. The Morgan fingerprint density at radius 3 is 2.62 bits per heavy atom. The lowest BCUT2D eigenvalue weighted by atomic mass is 10.0. The number of benzene rings is 2. The van der Waals surface area contributed by atoms with E-state index >= 15 is 0 Å². The Kier molecular flexibility index (Phi) is 6.69. The second kappa shape index (κ2) is 10.0.